The first kappa shape index (κ1) is 36.8. The molecule has 260 valence electrons. The predicted molar refractivity (Wildman–Crippen MR) is 178 cm³/mol. The number of carbonyl (C=O) groups excluding carboxylic acids is 5. The van der Waals surface area contributed by atoms with Gasteiger partial charge in [0.2, 0.25) is 0 Å². The molecule has 0 bridgehead atoms. The van der Waals surface area contributed by atoms with Gasteiger partial charge in [-0.25, -0.2) is 0 Å². The molecule has 5 atom stereocenters. The number of aryl methyl sites for hydroxylation is 1. The highest BCUT2D eigenvalue weighted by molar-refractivity contribution is 6.01. The number of ether oxygens (including phenoxy) is 3. The highest BCUT2D eigenvalue weighted by Gasteiger charge is 2.59. The molecule has 4 rings (SSSR count). The lowest BCUT2D eigenvalue weighted by molar-refractivity contribution is -0.157. The number of hydrogen-bond acceptors (Lipinski definition) is 8. The van der Waals surface area contributed by atoms with Crippen molar-refractivity contribution < 1.29 is 38.2 Å². The minimum atomic E-state index is -0.928. The van der Waals surface area contributed by atoms with Crippen LogP contribution in [0.1, 0.15) is 164 Å². The van der Waals surface area contributed by atoms with E-state index in [1.807, 2.05) is 25.1 Å². The maximum Gasteiger partial charge on any atom is 0.321 e. The van der Waals surface area contributed by atoms with Crippen LogP contribution in [0.5, 0.6) is 0 Å². The zero-order valence-electron chi connectivity index (χ0n) is 28.7. The topological polar surface area (TPSA) is 113 Å². The van der Waals surface area contributed by atoms with Crippen LogP contribution in [0.2, 0.25) is 0 Å². The summed E-state index contributed by atoms with van der Waals surface area (Å²) in [5.74, 6) is -7.13. The summed E-state index contributed by atoms with van der Waals surface area (Å²) in [5, 5.41) is 0. The van der Waals surface area contributed by atoms with Crippen molar-refractivity contribution in [3.05, 3.63) is 34.9 Å². The van der Waals surface area contributed by atoms with Crippen molar-refractivity contribution in [2.24, 2.45) is 17.8 Å². The molecule has 0 aromatic heterocycles. The number of fused-ring (bicyclic) bond motifs is 3. The Labute approximate surface area is 281 Å². The molecule has 8 heteroatoms. The third-order valence-electron chi connectivity index (χ3n) is 10.4. The Morgan fingerprint density at radius 2 is 1.23 bits per heavy atom. The van der Waals surface area contributed by atoms with Crippen LogP contribution in [0.15, 0.2) is 18.2 Å². The molecule has 2 heterocycles. The Balaban J connectivity index is 1.14. The van der Waals surface area contributed by atoms with E-state index in [4.69, 9.17) is 14.2 Å². The average Bonchev–Trinajstić information content (AvgIpc) is 3.54. The van der Waals surface area contributed by atoms with E-state index < -0.39 is 59.4 Å². The minimum absolute atomic E-state index is 0.137. The fraction of sp³-hybridized carbons (Fsp3) is 0.718. The van der Waals surface area contributed by atoms with Gasteiger partial charge in [0.25, 0.3) is 0 Å². The van der Waals surface area contributed by atoms with Gasteiger partial charge in [0, 0.05) is 12.3 Å². The molecule has 0 spiro atoms. The normalized spacial score (nSPS) is 23.4. The maximum atomic E-state index is 13.1. The molecule has 1 aromatic carbocycles. The van der Waals surface area contributed by atoms with E-state index in [-0.39, 0.29) is 19.4 Å². The quantitative estimate of drug-likeness (QED) is 0.0530. The Kier molecular flexibility index (Phi) is 14.9. The van der Waals surface area contributed by atoms with Crippen molar-refractivity contribution in [2.75, 3.05) is 6.61 Å². The summed E-state index contributed by atoms with van der Waals surface area (Å²) in [6.07, 6.45) is 22.7. The second kappa shape index (κ2) is 19.1. The van der Waals surface area contributed by atoms with Crippen LogP contribution in [0.25, 0.3) is 0 Å². The van der Waals surface area contributed by atoms with Crippen LogP contribution in [-0.4, -0.2) is 36.5 Å². The van der Waals surface area contributed by atoms with E-state index in [9.17, 15) is 24.0 Å². The number of esters is 5. The van der Waals surface area contributed by atoms with Gasteiger partial charge < -0.3 is 14.2 Å². The summed E-state index contributed by atoms with van der Waals surface area (Å²) in [6, 6.07) is 5.52. The lowest BCUT2D eigenvalue weighted by atomic mass is 9.59. The largest absolute Gasteiger partial charge is 0.466 e. The molecule has 1 aromatic rings. The molecular formula is C39H56O8. The number of benzene rings is 1. The predicted octanol–water partition coefficient (Wildman–Crippen LogP) is 8.56. The summed E-state index contributed by atoms with van der Waals surface area (Å²) in [6.45, 7) is 4.43. The molecule has 0 N–H and O–H groups in total. The number of cyclic esters (lactones) is 4. The average molecular weight is 653 g/mol. The molecule has 0 radical (unpaired) electrons. The van der Waals surface area contributed by atoms with Gasteiger partial charge in [-0.3, -0.25) is 24.0 Å². The number of unbranched alkanes of at least 4 members (excludes halogenated alkanes) is 17. The summed E-state index contributed by atoms with van der Waals surface area (Å²) >= 11 is 0. The van der Waals surface area contributed by atoms with Gasteiger partial charge >= 0.3 is 29.8 Å². The molecule has 2 fully saturated rings. The summed E-state index contributed by atoms with van der Waals surface area (Å²) in [5.41, 5.74) is 2.19. The Morgan fingerprint density at radius 3 is 1.77 bits per heavy atom. The lowest BCUT2D eigenvalue weighted by Gasteiger charge is -2.40. The molecule has 2 saturated heterocycles. The first-order valence-electron chi connectivity index (χ1n) is 18.6. The number of carbonyl (C=O) groups is 5. The van der Waals surface area contributed by atoms with E-state index in [2.05, 4.69) is 6.92 Å². The third-order valence-corrected chi connectivity index (χ3v) is 10.4. The SMILES string of the molecule is CCCCCCCCCCCCCCCCCCCCOC(=O)CC1C2C(=O)OC(=O)C2c2cc(C)ccc2C1C1CC(=O)OC1=O. The van der Waals surface area contributed by atoms with Crippen molar-refractivity contribution in [1.82, 2.24) is 0 Å². The fourth-order valence-corrected chi connectivity index (χ4v) is 7.95. The molecule has 3 aliphatic rings. The second-order valence-electron chi connectivity index (χ2n) is 14.1. The smallest absolute Gasteiger partial charge is 0.321 e. The van der Waals surface area contributed by atoms with Crippen LogP contribution in [0.3, 0.4) is 0 Å². The molecule has 47 heavy (non-hydrogen) atoms. The Morgan fingerprint density at radius 1 is 0.681 bits per heavy atom. The molecule has 0 amide bonds. The number of rotatable bonds is 22. The standard InChI is InChI=1S/C39H56O8/c1-3-4-5-6-7-8-9-10-11-12-13-14-15-16-17-18-19-20-23-45-32(40)25-30-34(31-26-33(41)46-37(31)42)28-22-21-27(2)24-29(28)35-36(30)39(44)47-38(35)43/h21-22,24,30-31,34-36H,3-20,23,25-26H2,1-2H3. The highest BCUT2D eigenvalue weighted by atomic mass is 16.6. The zero-order chi connectivity index (χ0) is 33.6. The van der Waals surface area contributed by atoms with E-state index in [0.717, 1.165) is 24.8 Å². The van der Waals surface area contributed by atoms with Gasteiger partial charge in [0.05, 0.1) is 30.8 Å². The summed E-state index contributed by atoms with van der Waals surface area (Å²) in [4.78, 5) is 63.7. The summed E-state index contributed by atoms with van der Waals surface area (Å²) < 4.78 is 15.5. The minimum Gasteiger partial charge on any atom is -0.466 e. The van der Waals surface area contributed by atoms with Gasteiger partial charge in [-0.2, -0.15) is 0 Å². The second-order valence-corrected chi connectivity index (χ2v) is 14.1. The van der Waals surface area contributed by atoms with E-state index in [1.54, 1.807) is 0 Å². The van der Waals surface area contributed by atoms with Crippen LogP contribution in [0, 0.1) is 24.7 Å². The molecule has 8 nitrogen and oxygen atoms in total. The van der Waals surface area contributed by atoms with Crippen LogP contribution in [-0.2, 0) is 38.2 Å². The van der Waals surface area contributed by atoms with E-state index >= 15 is 0 Å². The van der Waals surface area contributed by atoms with Crippen LogP contribution < -0.4 is 0 Å². The maximum absolute atomic E-state index is 13.1. The monoisotopic (exact) mass is 652 g/mol. The van der Waals surface area contributed by atoms with Crippen molar-refractivity contribution in [1.29, 1.82) is 0 Å². The van der Waals surface area contributed by atoms with Gasteiger partial charge in [-0.1, -0.05) is 140 Å². The molecule has 5 unspecified atom stereocenters. The third kappa shape index (κ3) is 10.5. The van der Waals surface area contributed by atoms with Gasteiger partial charge in [-0.15, -0.1) is 0 Å². The fourth-order valence-electron chi connectivity index (χ4n) is 7.95. The van der Waals surface area contributed by atoms with Crippen molar-refractivity contribution in [3.8, 4) is 0 Å². The van der Waals surface area contributed by atoms with Gasteiger partial charge in [0.1, 0.15) is 0 Å². The highest BCUT2D eigenvalue weighted by Crippen LogP contribution is 2.55. The zero-order valence-corrected chi connectivity index (χ0v) is 28.7. The Bertz CT molecular complexity index is 1220. The summed E-state index contributed by atoms with van der Waals surface area (Å²) in [7, 11) is 0. The number of hydrogen-bond donors (Lipinski definition) is 0. The first-order chi connectivity index (χ1) is 22.8. The van der Waals surface area contributed by atoms with Crippen molar-refractivity contribution in [3.63, 3.8) is 0 Å². The van der Waals surface area contributed by atoms with Gasteiger partial charge in [0.15, 0.2) is 0 Å². The first-order valence-corrected chi connectivity index (χ1v) is 18.6. The van der Waals surface area contributed by atoms with Crippen LogP contribution >= 0.6 is 0 Å². The Hall–Kier alpha value is -3.03. The molecule has 1 aliphatic carbocycles. The molecule has 2 aliphatic heterocycles. The molecular weight excluding hydrogens is 596 g/mol. The van der Waals surface area contributed by atoms with Crippen molar-refractivity contribution in [2.45, 2.75) is 154 Å². The van der Waals surface area contributed by atoms with Crippen LogP contribution in [0.4, 0.5) is 0 Å². The van der Waals surface area contributed by atoms with E-state index in [1.165, 1.54) is 96.3 Å². The molecule has 0 saturated carbocycles. The lowest BCUT2D eigenvalue weighted by Crippen LogP contribution is -2.40. The van der Waals surface area contributed by atoms with E-state index in [0.29, 0.717) is 11.1 Å². The van der Waals surface area contributed by atoms with Crippen molar-refractivity contribution >= 4 is 29.8 Å². The van der Waals surface area contributed by atoms with Gasteiger partial charge in [-0.05, 0) is 30.4 Å².